The van der Waals surface area contributed by atoms with Crippen molar-refractivity contribution in [3.05, 3.63) is 95.8 Å². The second-order valence-corrected chi connectivity index (χ2v) is 10.3. The number of halogens is 1. The third-order valence-corrected chi connectivity index (χ3v) is 6.96. The molecule has 0 saturated carbocycles. The smallest absolute Gasteiger partial charge is 0.244 e. The Bertz CT molecular complexity index is 1300. The standard InChI is InChI=1S/C27H30FN3O5S/c1-29-27(33)25(17-20-7-5-4-6-8-20)30(18-21-9-11-22(28)12-10-21)26(32)19-31(37(3,34)35)23-13-15-24(36-2)16-14-23/h4-16,25H,17-19H2,1-3H3,(H,29,33)/t25-/m1/s1. The quantitative estimate of drug-likeness (QED) is 0.414. The molecule has 37 heavy (non-hydrogen) atoms. The zero-order chi connectivity index (χ0) is 27.0. The minimum Gasteiger partial charge on any atom is -0.497 e. The van der Waals surface area contributed by atoms with Gasteiger partial charge in [-0.3, -0.25) is 13.9 Å². The molecule has 0 aliphatic rings. The van der Waals surface area contributed by atoms with Crippen molar-refractivity contribution in [2.45, 2.75) is 19.0 Å². The number of carbonyl (C=O) groups is 2. The molecule has 0 heterocycles. The van der Waals surface area contributed by atoms with Gasteiger partial charge in [0.15, 0.2) is 0 Å². The van der Waals surface area contributed by atoms with Gasteiger partial charge in [-0.2, -0.15) is 0 Å². The molecule has 0 saturated heterocycles. The number of sulfonamides is 1. The Morgan fingerprint density at radius 1 is 0.946 bits per heavy atom. The van der Waals surface area contributed by atoms with E-state index < -0.39 is 40.2 Å². The number of ether oxygens (including phenoxy) is 1. The van der Waals surface area contributed by atoms with Crippen molar-refractivity contribution in [3.8, 4) is 5.75 Å². The zero-order valence-corrected chi connectivity index (χ0v) is 21.7. The van der Waals surface area contributed by atoms with Crippen molar-refractivity contribution >= 4 is 27.5 Å². The fraction of sp³-hybridized carbons (Fsp3) is 0.259. The predicted octanol–water partition coefficient (Wildman–Crippen LogP) is 2.99. The van der Waals surface area contributed by atoms with Gasteiger partial charge >= 0.3 is 0 Å². The van der Waals surface area contributed by atoms with E-state index in [-0.39, 0.29) is 18.7 Å². The number of methoxy groups -OCH3 is 1. The van der Waals surface area contributed by atoms with Gasteiger partial charge in [0.25, 0.3) is 0 Å². The highest BCUT2D eigenvalue weighted by Crippen LogP contribution is 2.23. The number of amides is 2. The molecule has 0 aliphatic carbocycles. The number of carbonyl (C=O) groups excluding carboxylic acids is 2. The number of likely N-dealkylation sites (N-methyl/N-ethyl adjacent to an activating group) is 1. The summed E-state index contributed by atoms with van der Waals surface area (Å²) in [6.07, 6.45) is 1.21. The first-order chi connectivity index (χ1) is 17.6. The van der Waals surface area contributed by atoms with Crippen molar-refractivity contribution in [1.29, 1.82) is 0 Å². The molecule has 0 bridgehead atoms. The fourth-order valence-electron chi connectivity index (χ4n) is 3.87. The summed E-state index contributed by atoms with van der Waals surface area (Å²) < 4.78 is 45.0. The van der Waals surface area contributed by atoms with E-state index in [2.05, 4.69) is 5.32 Å². The Hall–Kier alpha value is -3.92. The lowest BCUT2D eigenvalue weighted by Gasteiger charge is -2.33. The molecule has 3 aromatic carbocycles. The number of anilines is 1. The normalized spacial score (nSPS) is 11.9. The van der Waals surface area contributed by atoms with E-state index in [0.29, 0.717) is 11.3 Å². The average molecular weight is 528 g/mol. The van der Waals surface area contributed by atoms with Crippen LogP contribution in [-0.4, -0.2) is 58.1 Å². The lowest BCUT2D eigenvalue weighted by atomic mass is 10.0. The average Bonchev–Trinajstić information content (AvgIpc) is 2.89. The van der Waals surface area contributed by atoms with Crippen molar-refractivity contribution < 1.29 is 27.1 Å². The SMILES string of the molecule is CNC(=O)[C@@H](Cc1ccccc1)N(Cc1ccc(F)cc1)C(=O)CN(c1ccc(OC)cc1)S(C)(=O)=O. The van der Waals surface area contributed by atoms with Crippen LogP contribution in [-0.2, 0) is 32.6 Å². The van der Waals surface area contributed by atoms with Gasteiger partial charge in [-0.25, -0.2) is 12.8 Å². The molecule has 1 N–H and O–H groups in total. The number of benzene rings is 3. The molecule has 0 spiro atoms. The maximum Gasteiger partial charge on any atom is 0.244 e. The summed E-state index contributed by atoms with van der Waals surface area (Å²) in [5, 5.41) is 2.60. The minimum atomic E-state index is -3.86. The summed E-state index contributed by atoms with van der Waals surface area (Å²) in [5.74, 6) is -0.898. The molecule has 196 valence electrons. The highest BCUT2D eigenvalue weighted by atomic mass is 32.2. The number of nitrogens with zero attached hydrogens (tertiary/aromatic N) is 2. The molecule has 8 nitrogen and oxygen atoms in total. The molecule has 0 radical (unpaired) electrons. The van der Waals surface area contributed by atoms with Crippen molar-refractivity contribution in [1.82, 2.24) is 10.2 Å². The molecular formula is C27H30FN3O5S. The van der Waals surface area contributed by atoms with Gasteiger partial charge in [-0.1, -0.05) is 42.5 Å². The van der Waals surface area contributed by atoms with E-state index in [4.69, 9.17) is 4.74 Å². The van der Waals surface area contributed by atoms with Gasteiger partial charge in [-0.05, 0) is 47.5 Å². The highest BCUT2D eigenvalue weighted by molar-refractivity contribution is 7.92. The summed E-state index contributed by atoms with van der Waals surface area (Å²) in [6, 6.07) is 20.1. The van der Waals surface area contributed by atoms with E-state index in [9.17, 15) is 22.4 Å². The van der Waals surface area contributed by atoms with Crippen LogP contribution in [0.15, 0.2) is 78.9 Å². The molecule has 10 heteroatoms. The van der Waals surface area contributed by atoms with Crippen molar-refractivity contribution in [2.24, 2.45) is 0 Å². The molecule has 0 unspecified atom stereocenters. The van der Waals surface area contributed by atoms with E-state index in [1.807, 2.05) is 30.3 Å². The van der Waals surface area contributed by atoms with Gasteiger partial charge in [0.2, 0.25) is 21.8 Å². The molecule has 1 atom stereocenters. The maximum atomic E-state index is 13.8. The van der Waals surface area contributed by atoms with Crippen LogP contribution in [0.25, 0.3) is 0 Å². The van der Waals surface area contributed by atoms with Crippen LogP contribution in [0.4, 0.5) is 10.1 Å². The lowest BCUT2D eigenvalue weighted by molar-refractivity contribution is -0.139. The van der Waals surface area contributed by atoms with Crippen LogP contribution in [0.1, 0.15) is 11.1 Å². The van der Waals surface area contributed by atoms with Gasteiger partial charge in [0, 0.05) is 20.0 Å². The maximum absolute atomic E-state index is 13.8. The number of rotatable bonds is 11. The topological polar surface area (TPSA) is 96.0 Å². The summed E-state index contributed by atoms with van der Waals surface area (Å²) in [6.45, 7) is -0.557. The molecule has 3 rings (SSSR count). The van der Waals surface area contributed by atoms with E-state index in [0.717, 1.165) is 16.1 Å². The molecule has 0 aliphatic heterocycles. The predicted molar refractivity (Wildman–Crippen MR) is 140 cm³/mol. The van der Waals surface area contributed by atoms with Crippen LogP contribution in [0.3, 0.4) is 0 Å². The van der Waals surface area contributed by atoms with Crippen molar-refractivity contribution in [3.63, 3.8) is 0 Å². The fourth-order valence-corrected chi connectivity index (χ4v) is 4.72. The summed E-state index contributed by atoms with van der Waals surface area (Å²) >= 11 is 0. The Morgan fingerprint density at radius 3 is 2.11 bits per heavy atom. The first-order valence-electron chi connectivity index (χ1n) is 11.5. The minimum absolute atomic E-state index is 0.0236. The summed E-state index contributed by atoms with van der Waals surface area (Å²) in [5.41, 5.74) is 1.69. The van der Waals surface area contributed by atoms with Crippen LogP contribution in [0.2, 0.25) is 0 Å². The molecule has 0 aromatic heterocycles. The second-order valence-electron chi connectivity index (χ2n) is 8.44. The van der Waals surface area contributed by atoms with Crippen molar-refractivity contribution in [2.75, 3.05) is 31.3 Å². The van der Waals surface area contributed by atoms with E-state index in [1.165, 1.54) is 55.5 Å². The third-order valence-electron chi connectivity index (χ3n) is 5.82. The monoisotopic (exact) mass is 527 g/mol. The Labute approximate surface area is 216 Å². The molecule has 2 amide bonds. The largest absolute Gasteiger partial charge is 0.497 e. The number of hydrogen-bond acceptors (Lipinski definition) is 5. The van der Waals surface area contributed by atoms with Crippen LogP contribution in [0, 0.1) is 5.82 Å². The van der Waals surface area contributed by atoms with Crippen LogP contribution < -0.4 is 14.4 Å². The van der Waals surface area contributed by atoms with Crippen LogP contribution in [0.5, 0.6) is 5.75 Å². The highest BCUT2D eigenvalue weighted by Gasteiger charge is 2.32. The lowest BCUT2D eigenvalue weighted by Crippen LogP contribution is -2.52. The molecular weight excluding hydrogens is 497 g/mol. The second kappa shape index (κ2) is 12.4. The Morgan fingerprint density at radius 2 is 1.57 bits per heavy atom. The number of hydrogen-bond donors (Lipinski definition) is 1. The Balaban J connectivity index is 2.00. The number of nitrogens with one attached hydrogen (secondary N) is 1. The molecule has 3 aromatic rings. The molecule has 0 fully saturated rings. The van der Waals surface area contributed by atoms with Gasteiger partial charge in [0.1, 0.15) is 24.2 Å². The van der Waals surface area contributed by atoms with Gasteiger partial charge in [0.05, 0.1) is 19.1 Å². The van der Waals surface area contributed by atoms with E-state index in [1.54, 1.807) is 12.1 Å². The van der Waals surface area contributed by atoms with Gasteiger partial charge in [-0.15, -0.1) is 0 Å². The third kappa shape index (κ3) is 7.53. The zero-order valence-electron chi connectivity index (χ0n) is 20.9. The summed E-state index contributed by atoms with van der Waals surface area (Å²) in [7, 11) is -0.895. The van der Waals surface area contributed by atoms with Gasteiger partial charge < -0.3 is 15.0 Å². The summed E-state index contributed by atoms with van der Waals surface area (Å²) in [4.78, 5) is 28.1. The van der Waals surface area contributed by atoms with Crippen LogP contribution >= 0.6 is 0 Å². The van der Waals surface area contributed by atoms with E-state index >= 15 is 0 Å². The Kier molecular flexibility index (Phi) is 9.24. The first-order valence-corrected chi connectivity index (χ1v) is 13.4. The first kappa shape index (κ1) is 27.7.